The summed E-state index contributed by atoms with van der Waals surface area (Å²) >= 11 is 0. The highest BCUT2D eigenvalue weighted by Crippen LogP contribution is 2.30. The van der Waals surface area contributed by atoms with Crippen LogP contribution in [0.1, 0.15) is 5.56 Å². The van der Waals surface area contributed by atoms with Gasteiger partial charge in [0.05, 0.1) is 30.8 Å². The van der Waals surface area contributed by atoms with Gasteiger partial charge in [-0.15, -0.1) is 0 Å². The van der Waals surface area contributed by atoms with Gasteiger partial charge in [0.25, 0.3) is 0 Å². The van der Waals surface area contributed by atoms with Crippen molar-refractivity contribution in [1.29, 1.82) is 0 Å². The number of aromatic nitrogens is 1. The van der Waals surface area contributed by atoms with Gasteiger partial charge in [-0.3, -0.25) is 0 Å². The van der Waals surface area contributed by atoms with E-state index >= 15 is 0 Å². The first-order valence-electron chi connectivity index (χ1n) is 7.91. The van der Waals surface area contributed by atoms with Crippen molar-refractivity contribution in [3.63, 3.8) is 0 Å². The largest absolute Gasteiger partial charge is 0.496 e. The minimum Gasteiger partial charge on any atom is -0.496 e. The molecule has 0 atom stereocenters. The summed E-state index contributed by atoms with van der Waals surface area (Å²) in [6.45, 7) is 1.44. The third-order valence-corrected chi connectivity index (χ3v) is 4.04. The van der Waals surface area contributed by atoms with Gasteiger partial charge in [-0.2, -0.15) is 4.94 Å². The number of fused-ring (bicyclic) bond motifs is 1. The van der Waals surface area contributed by atoms with Gasteiger partial charge in [0.2, 0.25) is 0 Å². The molecule has 1 aromatic carbocycles. The Labute approximate surface area is 145 Å². The Morgan fingerprint density at radius 1 is 1.32 bits per heavy atom. The summed E-state index contributed by atoms with van der Waals surface area (Å²) in [6.07, 6.45) is 10.8. The monoisotopic (exact) mass is 338 g/mol. The molecule has 2 aliphatic heterocycles. The predicted molar refractivity (Wildman–Crippen MR) is 91.6 cm³/mol. The third-order valence-electron chi connectivity index (χ3n) is 4.04. The molecule has 25 heavy (non-hydrogen) atoms. The first-order valence-corrected chi connectivity index (χ1v) is 7.91. The van der Waals surface area contributed by atoms with Crippen LogP contribution in [0.5, 0.6) is 5.75 Å². The van der Waals surface area contributed by atoms with Gasteiger partial charge in [0.15, 0.2) is 12.2 Å². The lowest BCUT2D eigenvalue weighted by atomic mass is 10.1. The van der Waals surface area contributed by atoms with Crippen LogP contribution < -0.4 is 15.5 Å². The van der Waals surface area contributed by atoms with Crippen molar-refractivity contribution in [2.45, 2.75) is 6.54 Å². The summed E-state index contributed by atoms with van der Waals surface area (Å²) in [5, 5.41) is 5.15. The Kier molecular flexibility index (Phi) is 4.24. The van der Waals surface area contributed by atoms with Crippen LogP contribution in [0.25, 0.3) is 11.3 Å². The van der Waals surface area contributed by atoms with Crippen LogP contribution in [0.3, 0.4) is 0 Å². The summed E-state index contributed by atoms with van der Waals surface area (Å²) in [4.78, 5) is 9.19. The number of rotatable bonds is 6. The lowest BCUT2D eigenvalue weighted by molar-refractivity contribution is -0.113. The van der Waals surface area contributed by atoms with Crippen molar-refractivity contribution in [2.24, 2.45) is 0 Å². The van der Waals surface area contributed by atoms with E-state index in [4.69, 9.17) is 14.1 Å². The SMILES string of the molecule is COc1cc(CNCC2=CC=CN3ONC=C23)ccc1-c1cnco1. The summed E-state index contributed by atoms with van der Waals surface area (Å²) in [6, 6.07) is 6.04. The van der Waals surface area contributed by atoms with Crippen molar-refractivity contribution >= 4 is 0 Å². The molecular formula is C18H18N4O3. The Morgan fingerprint density at radius 2 is 2.28 bits per heavy atom. The number of nitrogens with one attached hydrogen (secondary N) is 2. The smallest absolute Gasteiger partial charge is 0.181 e. The lowest BCUT2D eigenvalue weighted by Crippen LogP contribution is -2.23. The molecule has 7 heteroatoms. The molecule has 0 aliphatic carbocycles. The normalized spacial score (nSPS) is 15.5. The Morgan fingerprint density at radius 3 is 3.12 bits per heavy atom. The minimum absolute atomic E-state index is 0.691. The van der Waals surface area contributed by atoms with Gasteiger partial charge in [0, 0.05) is 19.3 Å². The average Bonchev–Trinajstić information content (AvgIpc) is 3.33. The molecule has 0 fully saturated rings. The van der Waals surface area contributed by atoms with Crippen LogP contribution in [-0.4, -0.2) is 23.7 Å². The van der Waals surface area contributed by atoms with Gasteiger partial charge in [0.1, 0.15) is 5.75 Å². The molecule has 0 saturated heterocycles. The molecule has 4 rings (SSSR count). The number of hydrogen-bond donors (Lipinski definition) is 2. The summed E-state index contributed by atoms with van der Waals surface area (Å²) in [5.41, 5.74) is 6.92. The van der Waals surface area contributed by atoms with Gasteiger partial charge < -0.3 is 14.5 Å². The molecule has 0 bridgehead atoms. The van der Waals surface area contributed by atoms with Crippen LogP contribution in [-0.2, 0) is 11.5 Å². The second kappa shape index (κ2) is 6.84. The highest BCUT2D eigenvalue weighted by molar-refractivity contribution is 5.65. The molecule has 0 unspecified atom stereocenters. The fourth-order valence-electron chi connectivity index (χ4n) is 2.81. The number of ether oxygens (including phenoxy) is 1. The maximum Gasteiger partial charge on any atom is 0.181 e. The van der Waals surface area contributed by atoms with Crippen LogP contribution in [0.2, 0.25) is 0 Å². The number of benzene rings is 1. The van der Waals surface area contributed by atoms with Crippen LogP contribution in [0.4, 0.5) is 0 Å². The Balaban J connectivity index is 1.42. The molecule has 0 spiro atoms. The van der Waals surface area contributed by atoms with Gasteiger partial charge in [-0.1, -0.05) is 12.1 Å². The minimum atomic E-state index is 0.691. The van der Waals surface area contributed by atoms with E-state index in [1.807, 2.05) is 36.7 Å². The summed E-state index contributed by atoms with van der Waals surface area (Å²) < 4.78 is 10.8. The molecule has 2 N–H and O–H groups in total. The zero-order valence-corrected chi connectivity index (χ0v) is 13.7. The van der Waals surface area contributed by atoms with E-state index in [1.54, 1.807) is 18.4 Å². The number of oxazole rings is 1. The summed E-state index contributed by atoms with van der Waals surface area (Å²) in [7, 11) is 1.65. The molecule has 1 aromatic heterocycles. The molecule has 2 aliphatic rings. The van der Waals surface area contributed by atoms with E-state index in [9.17, 15) is 0 Å². The number of hydrogen-bond acceptors (Lipinski definition) is 7. The van der Waals surface area contributed by atoms with Crippen LogP contribution in [0.15, 0.2) is 71.0 Å². The molecule has 3 heterocycles. The topological polar surface area (TPSA) is 71.8 Å². The molecule has 0 radical (unpaired) electrons. The first-order chi connectivity index (χ1) is 12.3. The van der Waals surface area contributed by atoms with Gasteiger partial charge in [-0.05, 0) is 29.3 Å². The standard InChI is InChI=1S/C18H18N4O3/c1-23-17-7-13(4-5-15(17)18-11-20-12-24-18)8-19-9-14-3-2-6-22-16(14)10-21-25-22/h2-7,10-12,19,21H,8-9H2,1H3. The second-order valence-electron chi connectivity index (χ2n) is 5.60. The fourth-order valence-corrected chi connectivity index (χ4v) is 2.81. The predicted octanol–water partition coefficient (Wildman–Crippen LogP) is 2.49. The summed E-state index contributed by atoms with van der Waals surface area (Å²) in [5.74, 6) is 1.45. The third kappa shape index (κ3) is 3.15. The molecular weight excluding hydrogens is 320 g/mol. The molecule has 0 amide bonds. The Hall–Kier alpha value is -3.03. The lowest BCUT2D eigenvalue weighted by Gasteiger charge is -2.20. The average molecular weight is 338 g/mol. The number of hydroxylamine groups is 3. The molecule has 0 saturated carbocycles. The fraction of sp³-hybridized carbons (Fsp3) is 0.167. The van der Waals surface area contributed by atoms with Gasteiger partial charge >= 0.3 is 0 Å². The molecule has 7 nitrogen and oxygen atoms in total. The van der Waals surface area contributed by atoms with E-state index in [0.29, 0.717) is 5.76 Å². The van der Waals surface area contributed by atoms with Crippen molar-refractivity contribution < 1.29 is 14.1 Å². The highest BCUT2D eigenvalue weighted by Gasteiger charge is 2.20. The van der Waals surface area contributed by atoms with Crippen molar-refractivity contribution in [2.75, 3.05) is 13.7 Å². The van der Waals surface area contributed by atoms with Crippen molar-refractivity contribution in [1.82, 2.24) is 20.8 Å². The molecule has 128 valence electrons. The maximum absolute atomic E-state index is 5.49. The number of methoxy groups -OCH3 is 1. The zero-order valence-electron chi connectivity index (χ0n) is 13.7. The maximum atomic E-state index is 5.49. The van der Waals surface area contributed by atoms with Crippen LogP contribution >= 0.6 is 0 Å². The zero-order chi connectivity index (χ0) is 17.1. The van der Waals surface area contributed by atoms with Crippen LogP contribution in [0, 0.1) is 0 Å². The second-order valence-corrected chi connectivity index (χ2v) is 5.60. The molecule has 2 aromatic rings. The van der Waals surface area contributed by atoms with Crippen molar-refractivity contribution in [3.8, 4) is 17.1 Å². The quantitative estimate of drug-likeness (QED) is 0.838. The van der Waals surface area contributed by atoms with E-state index in [0.717, 1.165) is 41.2 Å². The number of allylic oxidation sites excluding steroid dienone is 2. The van der Waals surface area contributed by atoms with E-state index < -0.39 is 0 Å². The highest BCUT2D eigenvalue weighted by atomic mass is 16.8. The van der Waals surface area contributed by atoms with Crippen molar-refractivity contribution in [3.05, 3.63) is 72.2 Å². The first kappa shape index (κ1) is 15.5. The number of nitrogens with zero attached hydrogens (tertiary/aromatic N) is 2. The van der Waals surface area contributed by atoms with Gasteiger partial charge in [-0.25, -0.2) is 15.5 Å². The van der Waals surface area contributed by atoms with E-state index in [1.165, 1.54) is 6.39 Å². The van der Waals surface area contributed by atoms with E-state index in [-0.39, 0.29) is 0 Å². The van der Waals surface area contributed by atoms with E-state index in [2.05, 4.69) is 21.9 Å². The Bertz CT molecular complexity index is 840.